The summed E-state index contributed by atoms with van der Waals surface area (Å²) in [5.41, 5.74) is 5.47. The molecular weight excluding hydrogens is 1030 g/mol. The van der Waals surface area contributed by atoms with E-state index < -0.39 is 229 Å². The van der Waals surface area contributed by atoms with E-state index >= 15 is 0 Å². The molecule has 6 saturated heterocycles. The molecule has 33 nitrogen and oxygen atoms in total. The van der Waals surface area contributed by atoms with Gasteiger partial charge in [0.2, 0.25) is 0 Å². The van der Waals surface area contributed by atoms with Gasteiger partial charge < -0.3 is 155 Å². The third kappa shape index (κ3) is 13.5. The number of carboxylic acid groups (broad SMARTS) is 2. The summed E-state index contributed by atoms with van der Waals surface area (Å²) >= 11 is 0. The van der Waals surface area contributed by atoms with Gasteiger partial charge in [-0.3, -0.25) is 0 Å². The molecule has 436 valence electrons. The quantitative estimate of drug-likeness (QED) is 0.0448. The fourth-order valence-electron chi connectivity index (χ4n) is 9.74. The van der Waals surface area contributed by atoms with Crippen molar-refractivity contribution >= 4 is 11.9 Å². The van der Waals surface area contributed by atoms with Gasteiger partial charge in [0.25, 0.3) is 0 Å². The number of hydrogen-bond acceptors (Lipinski definition) is 31. The van der Waals surface area contributed by atoms with Crippen LogP contribution in [-0.4, -0.2) is 326 Å². The number of unbranched alkanes of at least 4 members (excludes halogenated alkanes) is 2. The third-order valence-electron chi connectivity index (χ3n) is 14.0. The molecule has 0 amide bonds. The maximum Gasteiger partial charge on any atom is 0.335 e. The molecule has 30 atom stereocenters. The van der Waals surface area contributed by atoms with Crippen molar-refractivity contribution < 1.29 is 159 Å². The fourth-order valence-corrected chi connectivity index (χ4v) is 9.74. The van der Waals surface area contributed by atoms with E-state index in [1.165, 1.54) is 0 Å². The molecule has 12 unspecified atom stereocenters. The Kier molecular flexibility index (Phi) is 22.6. The lowest BCUT2D eigenvalue weighted by atomic mass is 9.81. The zero-order valence-electron chi connectivity index (χ0n) is 39.8. The monoisotopic (exact) mass is 1100 g/mol. The van der Waals surface area contributed by atoms with Crippen molar-refractivity contribution in [1.82, 2.24) is 0 Å². The Morgan fingerprint density at radius 3 is 1.17 bits per heavy atom. The van der Waals surface area contributed by atoms with Crippen molar-refractivity contribution in [3.8, 4) is 0 Å². The Morgan fingerprint density at radius 1 is 0.373 bits per heavy atom. The molecule has 0 aromatic heterocycles. The van der Waals surface area contributed by atoms with Gasteiger partial charge in [-0.15, -0.1) is 0 Å². The number of aliphatic hydroxyl groups is 17. The molecule has 0 bridgehead atoms. The largest absolute Gasteiger partial charge is 0.479 e. The van der Waals surface area contributed by atoms with Gasteiger partial charge in [0, 0.05) is 12.5 Å². The molecule has 0 radical (unpaired) electrons. The van der Waals surface area contributed by atoms with Crippen molar-refractivity contribution in [3.05, 3.63) is 0 Å². The molecule has 6 fully saturated rings. The Balaban J connectivity index is 1.07. The molecule has 6 aliphatic heterocycles. The van der Waals surface area contributed by atoms with E-state index in [2.05, 4.69) is 0 Å². The van der Waals surface area contributed by atoms with E-state index in [4.69, 9.17) is 57.8 Å². The average Bonchev–Trinajstić information content (AvgIpc) is 3.38. The second kappa shape index (κ2) is 27.3. The van der Waals surface area contributed by atoms with Crippen LogP contribution in [0.4, 0.5) is 0 Å². The first-order chi connectivity index (χ1) is 35.5. The summed E-state index contributed by atoms with van der Waals surface area (Å²) in [6.45, 7) is -3.60. The smallest absolute Gasteiger partial charge is 0.335 e. The lowest BCUT2D eigenvalue weighted by molar-refractivity contribution is -0.391. The predicted octanol–water partition coefficient (Wildman–Crippen LogP) is -12.1. The molecule has 0 spiro atoms. The summed E-state index contributed by atoms with van der Waals surface area (Å²) < 4.78 is 60.9. The lowest BCUT2D eigenvalue weighted by Crippen LogP contribution is -2.68. The Bertz CT molecular complexity index is 1770. The van der Waals surface area contributed by atoms with E-state index in [-0.39, 0.29) is 6.61 Å². The molecule has 0 aliphatic carbocycles. The van der Waals surface area contributed by atoms with Gasteiger partial charge in [-0.05, 0) is 32.2 Å². The number of nitrogens with two attached hydrogens (primary N) is 1. The summed E-state index contributed by atoms with van der Waals surface area (Å²) in [7, 11) is 0. The highest BCUT2D eigenvalue weighted by atomic mass is 16.8. The minimum atomic E-state index is -2.24. The first kappa shape index (κ1) is 62.0. The first-order valence-electron chi connectivity index (χ1n) is 24.2. The van der Waals surface area contributed by atoms with Crippen LogP contribution in [0.2, 0.25) is 0 Å². The second-order valence-electron chi connectivity index (χ2n) is 19.0. The summed E-state index contributed by atoms with van der Waals surface area (Å²) in [5.74, 6) is -5.06. The SMILES string of the molecule is NCCCCCO[C@@H]1OC(C(=O)O)[C@@H](O[C@H]2OC(CO)[C@H](O[C@H]3OC(CO)[C@@H](O[C@@H]4OC(CO)[C@@H](O[C@@H]5OC(C(=O)O)[C@@H](C[C@H]6OC(CO)[C@H](O)[C@H](O)C6O)[C@H](O)C5O)[C@H](O)C4O)[C@H](O)C3O)[C@H](O)C2O)[C@H](O)C1O. The Morgan fingerprint density at radius 2 is 0.747 bits per heavy atom. The zero-order valence-corrected chi connectivity index (χ0v) is 39.8. The highest BCUT2D eigenvalue weighted by Crippen LogP contribution is 2.38. The van der Waals surface area contributed by atoms with Crippen LogP contribution in [0.5, 0.6) is 0 Å². The van der Waals surface area contributed by atoms with Crippen LogP contribution in [0.3, 0.4) is 0 Å². The van der Waals surface area contributed by atoms with Crippen LogP contribution in [0.1, 0.15) is 25.7 Å². The molecule has 33 heteroatoms. The van der Waals surface area contributed by atoms with E-state index in [0.29, 0.717) is 25.8 Å². The molecule has 0 saturated carbocycles. The van der Waals surface area contributed by atoms with Crippen LogP contribution in [-0.2, 0) is 61.7 Å². The maximum absolute atomic E-state index is 12.4. The highest BCUT2D eigenvalue weighted by molar-refractivity contribution is 5.73. The molecular formula is C42H71NO32. The maximum atomic E-state index is 12.4. The minimum Gasteiger partial charge on any atom is -0.479 e. The number of rotatable bonds is 22. The molecule has 21 N–H and O–H groups in total. The van der Waals surface area contributed by atoms with Crippen LogP contribution in [0.15, 0.2) is 0 Å². The summed E-state index contributed by atoms with van der Waals surface area (Å²) in [4.78, 5) is 24.6. The Labute approximate surface area is 425 Å². The summed E-state index contributed by atoms with van der Waals surface area (Å²) in [5, 5.41) is 202. The van der Waals surface area contributed by atoms with E-state index in [1.54, 1.807) is 0 Å². The summed E-state index contributed by atoms with van der Waals surface area (Å²) in [6.07, 6.45) is -55.7. The standard InChI is InChI=1S/C42H71NO32/c43-4-2-1-3-5-65-38-26(57)24(55)34(35(75-38)37(63)64)74-41-29(60)23(54)32(15(9-46)69-41)72-39-27(58)21(52)31(14(8-45)67-39)71-40-28(59)22(53)33(16(10-47)68-40)73-42-25(56)17(48)11(30(70-42)36(61)62)6-12-18(49)20(51)19(50)13(7-44)66-12/h11-35,38-42,44-60H,1-10,43H2,(H,61,62)(H,63,64)/t11-,12+,13?,14?,15?,16?,17-,18?,19-,20+,21+,22+,23+,24+,25?,26?,27?,28?,29?,30?,31+,32-,33+,34-,35?,38+,39+,40-,41+,42-/m0/s1. The fraction of sp³-hybridized carbons (Fsp3) is 0.952. The van der Waals surface area contributed by atoms with Gasteiger partial charge in [0.05, 0.1) is 38.6 Å². The van der Waals surface area contributed by atoms with E-state index in [0.717, 1.165) is 0 Å². The average molecular weight is 1100 g/mol. The van der Waals surface area contributed by atoms with Crippen molar-refractivity contribution in [2.75, 3.05) is 39.6 Å². The molecule has 0 aromatic carbocycles. The Hall–Kier alpha value is -2.22. The zero-order chi connectivity index (χ0) is 55.3. The van der Waals surface area contributed by atoms with Crippen LogP contribution >= 0.6 is 0 Å². The number of carboxylic acids is 2. The van der Waals surface area contributed by atoms with Gasteiger partial charge >= 0.3 is 11.9 Å². The number of ether oxygens (including phenoxy) is 11. The van der Waals surface area contributed by atoms with Gasteiger partial charge in [-0.1, -0.05) is 0 Å². The van der Waals surface area contributed by atoms with Crippen molar-refractivity contribution in [2.24, 2.45) is 11.7 Å². The van der Waals surface area contributed by atoms with Crippen LogP contribution < -0.4 is 5.73 Å². The lowest BCUT2D eigenvalue weighted by Gasteiger charge is -2.49. The minimum absolute atomic E-state index is 0.000933. The molecule has 0 aromatic rings. The van der Waals surface area contributed by atoms with Crippen molar-refractivity contribution in [3.63, 3.8) is 0 Å². The van der Waals surface area contributed by atoms with E-state index in [1.807, 2.05) is 0 Å². The van der Waals surface area contributed by atoms with Gasteiger partial charge in [-0.25, -0.2) is 9.59 Å². The number of hydrogen-bond donors (Lipinski definition) is 20. The van der Waals surface area contributed by atoms with Gasteiger partial charge in [0.1, 0.15) is 122 Å². The van der Waals surface area contributed by atoms with Gasteiger partial charge in [-0.2, -0.15) is 0 Å². The van der Waals surface area contributed by atoms with Crippen LogP contribution in [0.25, 0.3) is 0 Å². The normalized spacial score (nSPS) is 48.8. The van der Waals surface area contributed by atoms with Gasteiger partial charge in [0.15, 0.2) is 43.7 Å². The third-order valence-corrected chi connectivity index (χ3v) is 14.0. The summed E-state index contributed by atoms with van der Waals surface area (Å²) in [6, 6.07) is 0. The highest BCUT2D eigenvalue weighted by Gasteiger charge is 2.58. The first-order valence-corrected chi connectivity index (χ1v) is 24.2. The number of carbonyl (C=O) groups is 2. The molecule has 75 heavy (non-hydrogen) atoms. The topological polar surface area (TPSA) is 546 Å². The number of aliphatic hydroxyl groups excluding tert-OH is 17. The molecule has 6 aliphatic rings. The number of aliphatic carboxylic acids is 2. The predicted molar refractivity (Wildman–Crippen MR) is 230 cm³/mol. The molecule has 6 rings (SSSR count). The second-order valence-corrected chi connectivity index (χ2v) is 19.0. The van der Waals surface area contributed by atoms with Crippen LogP contribution in [0, 0.1) is 5.92 Å². The van der Waals surface area contributed by atoms with Crippen molar-refractivity contribution in [1.29, 1.82) is 0 Å². The van der Waals surface area contributed by atoms with E-state index in [9.17, 15) is 107 Å². The molecule has 6 heterocycles. The van der Waals surface area contributed by atoms with Crippen molar-refractivity contribution in [2.45, 2.75) is 204 Å².